The lowest BCUT2D eigenvalue weighted by molar-refractivity contribution is 0.0993. The van der Waals surface area contributed by atoms with Gasteiger partial charge in [-0.05, 0) is 23.9 Å². The van der Waals surface area contributed by atoms with Crippen LogP contribution in [0, 0.1) is 6.92 Å². The summed E-state index contributed by atoms with van der Waals surface area (Å²) in [4.78, 5) is 16.7. The van der Waals surface area contributed by atoms with Gasteiger partial charge in [0.1, 0.15) is 12.2 Å². The fourth-order valence-corrected chi connectivity index (χ4v) is 2.23. The molecular formula is C10H11N3OS. The van der Waals surface area contributed by atoms with Crippen molar-refractivity contribution < 1.29 is 4.79 Å². The largest absolute Gasteiger partial charge is 0.293 e. The van der Waals surface area contributed by atoms with Crippen molar-refractivity contribution in [1.29, 1.82) is 0 Å². The van der Waals surface area contributed by atoms with Crippen molar-refractivity contribution in [1.82, 2.24) is 14.8 Å². The number of rotatable bonds is 3. The van der Waals surface area contributed by atoms with Crippen LogP contribution in [0.5, 0.6) is 0 Å². The maximum atomic E-state index is 11.9. The van der Waals surface area contributed by atoms with Crippen LogP contribution in [0.1, 0.15) is 21.1 Å². The van der Waals surface area contributed by atoms with E-state index in [1.54, 1.807) is 11.7 Å². The molecule has 0 aliphatic heterocycles. The molecule has 0 aromatic carbocycles. The van der Waals surface area contributed by atoms with Gasteiger partial charge in [0, 0.05) is 7.05 Å². The quantitative estimate of drug-likeness (QED) is 0.740. The lowest BCUT2D eigenvalue weighted by Crippen LogP contribution is -2.08. The van der Waals surface area contributed by atoms with Crippen LogP contribution < -0.4 is 0 Å². The second-order valence-corrected chi connectivity index (χ2v) is 4.25. The molecule has 0 fully saturated rings. The Morgan fingerprint density at radius 3 is 2.93 bits per heavy atom. The first-order chi connectivity index (χ1) is 7.18. The number of carbonyl (C=O) groups is 1. The van der Waals surface area contributed by atoms with E-state index in [0.717, 1.165) is 10.4 Å². The second-order valence-electron chi connectivity index (χ2n) is 3.33. The summed E-state index contributed by atoms with van der Waals surface area (Å²) in [5.74, 6) is 0.811. The predicted octanol–water partition coefficient (Wildman–Crippen LogP) is 1.61. The summed E-state index contributed by atoms with van der Waals surface area (Å²) >= 11 is 1.48. The van der Waals surface area contributed by atoms with E-state index < -0.39 is 0 Å². The molecule has 0 N–H and O–H groups in total. The number of Topliss-reactive ketones (excluding diaryl/α,β-unsaturated/α-hetero) is 1. The highest BCUT2D eigenvalue weighted by molar-refractivity contribution is 7.12. The molecule has 5 heteroatoms. The summed E-state index contributed by atoms with van der Waals surface area (Å²) in [6.45, 7) is 1.94. The first-order valence-corrected chi connectivity index (χ1v) is 5.46. The predicted molar refractivity (Wildman–Crippen MR) is 58.1 cm³/mol. The number of thiophene rings is 1. The fraction of sp³-hybridized carbons (Fsp3) is 0.300. The SMILES string of the molecule is Cc1ccsc1C(=O)Cc1ncnn1C. The van der Waals surface area contributed by atoms with Crippen LogP contribution in [0.4, 0.5) is 0 Å². The van der Waals surface area contributed by atoms with Gasteiger partial charge in [-0.1, -0.05) is 0 Å². The van der Waals surface area contributed by atoms with Crippen LogP contribution in [-0.2, 0) is 13.5 Å². The average Bonchev–Trinajstić information content (AvgIpc) is 2.76. The number of ketones is 1. The number of hydrogen-bond donors (Lipinski definition) is 0. The standard InChI is InChI=1S/C10H11N3OS/c1-7-3-4-15-10(7)8(14)5-9-11-6-12-13(9)2/h3-4,6H,5H2,1-2H3. The van der Waals surface area contributed by atoms with Crippen molar-refractivity contribution >= 4 is 17.1 Å². The minimum Gasteiger partial charge on any atom is -0.293 e. The third kappa shape index (κ3) is 1.97. The minimum atomic E-state index is 0.110. The molecule has 78 valence electrons. The molecule has 0 aliphatic carbocycles. The minimum absolute atomic E-state index is 0.110. The van der Waals surface area contributed by atoms with E-state index in [-0.39, 0.29) is 5.78 Å². The Morgan fingerprint density at radius 1 is 1.60 bits per heavy atom. The van der Waals surface area contributed by atoms with Crippen molar-refractivity contribution in [2.45, 2.75) is 13.3 Å². The molecule has 0 bridgehead atoms. The molecule has 15 heavy (non-hydrogen) atoms. The summed E-state index contributed by atoms with van der Waals surface area (Å²) in [7, 11) is 1.79. The topological polar surface area (TPSA) is 47.8 Å². The van der Waals surface area contributed by atoms with Gasteiger partial charge in [-0.15, -0.1) is 11.3 Å². The van der Waals surface area contributed by atoms with Crippen molar-refractivity contribution in [2.75, 3.05) is 0 Å². The van der Waals surface area contributed by atoms with Gasteiger partial charge >= 0.3 is 0 Å². The lowest BCUT2D eigenvalue weighted by atomic mass is 10.2. The van der Waals surface area contributed by atoms with Crippen LogP contribution >= 0.6 is 11.3 Å². The zero-order valence-corrected chi connectivity index (χ0v) is 9.41. The molecule has 0 saturated heterocycles. The molecule has 0 atom stereocenters. The highest BCUT2D eigenvalue weighted by Gasteiger charge is 2.13. The molecule has 0 spiro atoms. The van der Waals surface area contributed by atoms with Gasteiger partial charge in [-0.2, -0.15) is 5.10 Å². The Kier molecular flexibility index (Phi) is 2.64. The number of hydrogen-bond acceptors (Lipinski definition) is 4. The zero-order valence-electron chi connectivity index (χ0n) is 8.60. The van der Waals surface area contributed by atoms with Gasteiger partial charge in [0.05, 0.1) is 11.3 Å². The molecule has 2 heterocycles. The third-order valence-electron chi connectivity index (χ3n) is 2.24. The van der Waals surface area contributed by atoms with Gasteiger partial charge < -0.3 is 0 Å². The smallest absolute Gasteiger partial charge is 0.180 e. The Hall–Kier alpha value is -1.49. The van der Waals surface area contributed by atoms with Gasteiger partial charge in [-0.3, -0.25) is 9.48 Å². The molecule has 4 nitrogen and oxygen atoms in total. The van der Waals surface area contributed by atoms with E-state index in [1.165, 1.54) is 17.7 Å². The molecule has 0 radical (unpaired) electrons. The summed E-state index contributed by atoms with van der Waals surface area (Å²) in [5.41, 5.74) is 1.03. The normalized spacial score (nSPS) is 10.5. The second kappa shape index (κ2) is 3.94. The van der Waals surface area contributed by atoms with E-state index in [0.29, 0.717) is 12.2 Å². The summed E-state index contributed by atoms with van der Waals surface area (Å²) in [6, 6.07) is 1.95. The Morgan fingerprint density at radius 2 is 2.40 bits per heavy atom. The first kappa shape index (κ1) is 10.0. The average molecular weight is 221 g/mol. The first-order valence-electron chi connectivity index (χ1n) is 4.58. The van der Waals surface area contributed by atoms with Crippen molar-refractivity contribution in [2.24, 2.45) is 7.05 Å². The number of nitrogens with zero attached hydrogens (tertiary/aromatic N) is 3. The lowest BCUT2D eigenvalue weighted by Gasteiger charge is -1.99. The van der Waals surface area contributed by atoms with Crippen molar-refractivity contribution in [3.63, 3.8) is 0 Å². The Balaban J connectivity index is 2.18. The van der Waals surface area contributed by atoms with E-state index in [1.807, 2.05) is 18.4 Å². The molecule has 0 unspecified atom stereocenters. The third-order valence-corrected chi connectivity index (χ3v) is 3.30. The maximum absolute atomic E-state index is 11.9. The van der Waals surface area contributed by atoms with Crippen molar-refractivity contribution in [3.05, 3.63) is 34.0 Å². The van der Waals surface area contributed by atoms with E-state index in [4.69, 9.17) is 0 Å². The van der Waals surface area contributed by atoms with Gasteiger partial charge in [-0.25, -0.2) is 4.98 Å². The fourth-order valence-electron chi connectivity index (χ4n) is 1.36. The summed E-state index contributed by atoms with van der Waals surface area (Å²) < 4.78 is 1.63. The molecular weight excluding hydrogens is 210 g/mol. The van der Waals surface area contributed by atoms with E-state index in [2.05, 4.69) is 10.1 Å². The van der Waals surface area contributed by atoms with Gasteiger partial charge in [0.25, 0.3) is 0 Å². The molecule has 0 aliphatic rings. The monoisotopic (exact) mass is 221 g/mol. The van der Waals surface area contributed by atoms with Crippen LogP contribution in [0.15, 0.2) is 17.8 Å². The molecule has 2 rings (SSSR count). The van der Waals surface area contributed by atoms with Gasteiger partial charge in [0.15, 0.2) is 5.78 Å². The summed E-state index contributed by atoms with van der Waals surface area (Å²) in [5, 5.41) is 5.86. The number of aromatic nitrogens is 3. The maximum Gasteiger partial charge on any atom is 0.180 e. The highest BCUT2D eigenvalue weighted by Crippen LogP contribution is 2.17. The molecule has 2 aromatic rings. The molecule has 0 amide bonds. The zero-order chi connectivity index (χ0) is 10.8. The summed E-state index contributed by atoms with van der Waals surface area (Å²) in [6.07, 6.45) is 1.78. The Bertz CT molecular complexity index is 486. The van der Waals surface area contributed by atoms with Crippen molar-refractivity contribution in [3.8, 4) is 0 Å². The van der Waals surface area contributed by atoms with E-state index >= 15 is 0 Å². The molecule has 0 saturated carbocycles. The van der Waals surface area contributed by atoms with Crippen LogP contribution in [0.25, 0.3) is 0 Å². The number of aryl methyl sites for hydroxylation is 2. The van der Waals surface area contributed by atoms with Crippen LogP contribution in [0.3, 0.4) is 0 Å². The van der Waals surface area contributed by atoms with Crippen LogP contribution in [-0.4, -0.2) is 20.5 Å². The van der Waals surface area contributed by atoms with E-state index in [9.17, 15) is 4.79 Å². The van der Waals surface area contributed by atoms with Gasteiger partial charge in [0.2, 0.25) is 0 Å². The highest BCUT2D eigenvalue weighted by atomic mass is 32.1. The number of carbonyl (C=O) groups excluding carboxylic acids is 1. The van der Waals surface area contributed by atoms with Crippen LogP contribution in [0.2, 0.25) is 0 Å². The Labute approximate surface area is 91.6 Å². The molecule has 2 aromatic heterocycles.